The van der Waals surface area contributed by atoms with Crippen molar-refractivity contribution in [1.82, 2.24) is 4.98 Å². The van der Waals surface area contributed by atoms with Crippen LogP contribution in [0.3, 0.4) is 0 Å². The molecule has 0 aliphatic carbocycles. The van der Waals surface area contributed by atoms with Crippen molar-refractivity contribution in [3.05, 3.63) is 23.8 Å². The molecule has 0 aliphatic rings. The van der Waals surface area contributed by atoms with Crippen molar-refractivity contribution in [3.63, 3.8) is 0 Å². The predicted molar refractivity (Wildman–Crippen MR) is 142 cm³/mol. The molecule has 0 fully saturated rings. The number of hydrogen-bond donors (Lipinski definition) is 1. The molecule has 1 heterocycles. The summed E-state index contributed by atoms with van der Waals surface area (Å²) in [5, 5.41) is 3.15. The van der Waals surface area contributed by atoms with E-state index in [4.69, 9.17) is 4.74 Å². The van der Waals surface area contributed by atoms with Gasteiger partial charge in [0.05, 0.1) is 17.5 Å². The van der Waals surface area contributed by atoms with E-state index >= 15 is 0 Å². The Labute approximate surface area is 207 Å². The summed E-state index contributed by atoms with van der Waals surface area (Å²) in [4.78, 5) is 15.0. The normalized spacial score (nSPS) is 12.1. The highest BCUT2D eigenvalue weighted by Crippen LogP contribution is 2.34. The van der Waals surface area contributed by atoms with Gasteiger partial charge in [-0.3, -0.25) is 4.79 Å². The first kappa shape index (κ1) is 29.1. The van der Waals surface area contributed by atoms with E-state index in [0.717, 1.165) is 44.5 Å². The quantitative estimate of drug-likeness (QED) is 0.137. The van der Waals surface area contributed by atoms with Gasteiger partial charge in [0, 0.05) is 35.2 Å². The van der Waals surface area contributed by atoms with Crippen LogP contribution in [0, 0.1) is 5.41 Å². The standard InChI is InChI=1S/C26H40BrNO2S.H2O/c1-25(2,3)17-22-21-14-13-20(16-23(21)28-24(22)31-26(4,5)6)30-15-11-9-7-8-10-12-19(29)18-27;/h13-14,16,28H,7-12,15,17-18H2,1-6H3;1H2. The van der Waals surface area contributed by atoms with Crippen LogP contribution < -0.4 is 4.74 Å². The molecular formula is C26H42BrNO3S. The number of ketones is 1. The average molecular weight is 529 g/mol. The highest BCUT2D eigenvalue weighted by Gasteiger charge is 2.29. The number of unbranched alkanes of at least 4 members (excludes halogenated alkanes) is 4. The summed E-state index contributed by atoms with van der Waals surface area (Å²) >= 11 is 4.55. The van der Waals surface area contributed by atoms with E-state index in [-0.39, 0.29) is 15.6 Å². The number of aromatic nitrogens is 1. The fourth-order valence-electron chi connectivity index (χ4n) is 3.66. The van der Waals surface area contributed by atoms with E-state index in [9.17, 15) is 4.79 Å². The number of hydrogen-bond acceptors (Lipinski definition) is 3. The molecule has 0 atom stereocenters. The molecule has 0 aliphatic heterocycles. The summed E-state index contributed by atoms with van der Waals surface area (Å²) < 4.78 is 6.26. The summed E-state index contributed by atoms with van der Waals surface area (Å²) in [5.74, 6) is 1.25. The van der Waals surface area contributed by atoms with Gasteiger partial charge >= 0.3 is 0 Å². The van der Waals surface area contributed by atoms with E-state index in [2.05, 4.69) is 80.7 Å². The number of fused-ring (bicyclic) bond motifs is 1. The number of benzene rings is 1. The maximum Gasteiger partial charge on any atom is 0.227 e. The fraction of sp³-hybridized carbons (Fsp3) is 0.654. The Balaban J connectivity index is 0.00000512. The van der Waals surface area contributed by atoms with E-state index in [1.807, 2.05) is 0 Å². The molecule has 1 aromatic heterocycles. The molecule has 2 aromatic rings. The van der Waals surface area contributed by atoms with E-state index in [0.29, 0.717) is 17.5 Å². The second kappa shape index (κ2) is 13.0. The SMILES string of the molecule is CC(C)(C)Cc1c([SH+]C(C)(C)C)[nH]c2cc(OCCCCCCCC(=O)CBr)ccc12.[OH-]. The van der Waals surface area contributed by atoms with Crippen molar-refractivity contribution in [2.24, 2.45) is 5.41 Å². The molecular weight excluding hydrogens is 486 g/mol. The summed E-state index contributed by atoms with van der Waals surface area (Å²) in [7, 11) is 0. The minimum atomic E-state index is 0. The number of ether oxygens (including phenoxy) is 1. The molecule has 182 valence electrons. The average Bonchev–Trinajstić information content (AvgIpc) is 2.96. The van der Waals surface area contributed by atoms with Gasteiger partial charge in [0.1, 0.15) is 16.3 Å². The van der Waals surface area contributed by atoms with Crippen LogP contribution in [-0.2, 0) is 23.0 Å². The van der Waals surface area contributed by atoms with E-state index in [1.165, 1.54) is 39.7 Å². The summed E-state index contributed by atoms with van der Waals surface area (Å²) in [6, 6.07) is 6.51. The van der Waals surface area contributed by atoms with Crippen molar-refractivity contribution in [2.45, 2.75) is 96.3 Å². The third-order valence-corrected chi connectivity index (χ3v) is 6.93. The topological polar surface area (TPSA) is 72.1 Å². The number of rotatable bonds is 12. The molecule has 4 nitrogen and oxygen atoms in total. The predicted octanol–water partition coefficient (Wildman–Crippen LogP) is 7.24. The lowest BCUT2D eigenvalue weighted by Gasteiger charge is -2.18. The van der Waals surface area contributed by atoms with Crippen LogP contribution in [0.25, 0.3) is 10.9 Å². The molecule has 6 heteroatoms. The van der Waals surface area contributed by atoms with Crippen LogP contribution in [0.1, 0.15) is 85.6 Å². The van der Waals surface area contributed by atoms with Crippen LogP contribution >= 0.6 is 15.9 Å². The number of nitrogens with one attached hydrogen (secondary N) is 1. The highest BCUT2D eigenvalue weighted by atomic mass is 79.9. The zero-order chi connectivity index (χ0) is 23.1. The van der Waals surface area contributed by atoms with Crippen LogP contribution in [-0.4, -0.2) is 32.9 Å². The van der Waals surface area contributed by atoms with Crippen molar-refractivity contribution < 1.29 is 15.0 Å². The Morgan fingerprint density at radius 1 is 1.03 bits per heavy atom. The first-order valence-corrected chi connectivity index (χ1v) is 13.6. The zero-order valence-corrected chi connectivity index (χ0v) is 23.2. The van der Waals surface area contributed by atoms with Crippen LogP contribution in [0.4, 0.5) is 0 Å². The molecule has 2 N–H and O–H groups in total. The number of alkyl halides is 1. The van der Waals surface area contributed by atoms with Gasteiger partial charge in [0.25, 0.3) is 0 Å². The molecule has 1 aromatic carbocycles. The number of halogens is 1. The number of carbonyl (C=O) groups is 1. The molecule has 32 heavy (non-hydrogen) atoms. The molecule has 0 radical (unpaired) electrons. The molecule has 2 rings (SSSR count). The monoisotopic (exact) mass is 527 g/mol. The molecule has 0 saturated heterocycles. The Morgan fingerprint density at radius 3 is 2.31 bits per heavy atom. The Morgan fingerprint density at radius 2 is 1.69 bits per heavy atom. The minimum absolute atomic E-state index is 0. The molecule has 0 unspecified atom stereocenters. The first-order valence-electron chi connectivity index (χ1n) is 11.6. The van der Waals surface area contributed by atoms with E-state index in [1.54, 1.807) is 0 Å². The van der Waals surface area contributed by atoms with Crippen LogP contribution in [0.5, 0.6) is 5.75 Å². The van der Waals surface area contributed by atoms with Crippen molar-refractivity contribution in [2.75, 3.05) is 11.9 Å². The molecule has 0 saturated carbocycles. The molecule has 0 spiro atoms. The number of H-pyrrole nitrogens is 1. The van der Waals surface area contributed by atoms with Gasteiger partial charge in [0.2, 0.25) is 5.03 Å². The van der Waals surface area contributed by atoms with Gasteiger partial charge in [0.15, 0.2) is 0 Å². The lowest BCUT2D eigenvalue weighted by Crippen LogP contribution is -2.18. The molecule has 0 bridgehead atoms. The van der Waals surface area contributed by atoms with Crippen molar-refractivity contribution >= 4 is 44.4 Å². The van der Waals surface area contributed by atoms with Crippen LogP contribution in [0.15, 0.2) is 23.2 Å². The first-order chi connectivity index (χ1) is 14.5. The maximum atomic E-state index is 11.3. The third-order valence-electron chi connectivity index (χ3n) is 5.03. The fourth-order valence-corrected chi connectivity index (χ4v) is 5.12. The van der Waals surface area contributed by atoms with Gasteiger partial charge in [-0.25, -0.2) is 0 Å². The summed E-state index contributed by atoms with van der Waals surface area (Å²) in [6.45, 7) is 14.5. The highest BCUT2D eigenvalue weighted by molar-refractivity contribution is 9.09. The Hall–Kier alpha value is -0.980. The number of thiol groups is 1. The lowest BCUT2D eigenvalue weighted by atomic mass is 9.88. The minimum Gasteiger partial charge on any atom is -0.870 e. The molecule has 0 amide bonds. The summed E-state index contributed by atoms with van der Waals surface area (Å²) in [5.41, 5.74) is 2.87. The van der Waals surface area contributed by atoms with Gasteiger partial charge in [-0.2, -0.15) is 0 Å². The number of Topliss-reactive ketones (excluding diaryl/α,β-unsaturated/α-hetero) is 1. The van der Waals surface area contributed by atoms with Gasteiger partial charge < -0.3 is 15.2 Å². The van der Waals surface area contributed by atoms with Crippen molar-refractivity contribution in [3.8, 4) is 5.75 Å². The maximum absolute atomic E-state index is 11.3. The van der Waals surface area contributed by atoms with Gasteiger partial charge in [-0.15, -0.1) is 0 Å². The van der Waals surface area contributed by atoms with Crippen LogP contribution in [0.2, 0.25) is 0 Å². The van der Waals surface area contributed by atoms with E-state index < -0.39 is 0 Å². The van der Waals surface area contributed by atoms with Gasteiger partial charge in [-0.05, 0) is 57.6 Å². The Bertz CT molecular complexity index is 849. The van der Waals surface area contributed by atoms with Crippen molar-refractivity contribution in [1.29, 1.82) is 0 Å². The Kier molecular flexibility index (Phi) is 11.8. The number of carbonyl (C=O) groups excluding carboxylic acids is 1. The summed E-state index contributed by atoms with van der Waals surface area (Å²) in [6.07, 6.45) is 7.26. The third kappa shape index (κ3) is 10.3. The largest absolute Gasteiger partial charge is 0.870 e. The number of aromatic amines is 1. The van der Waals surface area contributed by atoms with Gasteiger partial charge in [-0.1, -0.05) is 56.0 Å². The second-order valence-electron chi connectivity index (χ2n) is 10.7. The smallest absolute Gasteiger partial charge is 0.227 e. The zero-order valence-electron chi connectivity index (χ0n) is 20.7. The lowest BCUT2D eigenvalue weighted by molar-refractivity contribution is -0.116. The second-order valence-corrected chi connectivity index (χ2v) is 13.3.